The van der Waals surface area contributed by atoms with Gasteiger partial charge in [0.1, 0.15) is 0 Å². The average molecular weight is 441 g/mol. The summed E-state index contributed by atoms with van der Waals surface area (Å²) in [7, 11) is 0. The summed E-state index contributed by atoms with van der Waals surface area (Å²) in [5, 5.41) is 2.95. The molecule has 130 valence electrons. The summed E-state index contributed by atoms with van der Waals surface area (Å²) < 4.78 is 1.10. The standard InChI is InChI=1S/C18H24IN3O2/c19-15-4-3-5-16(12-15)20-17(23)13-21-10-6-14(7-11-21)18(24)22-8-1-2-9-22/h3-5,12,14H,1-2,6-11,13H2,(H,20,23). The van der Waals surface area contributed by atoms with Gasteiger partial charge in [-0.2, -0.15) is 0 Å². The van der Waals surface area contributed by atoms with E-state index in [1.165, 1.54) is 0 Å². The molecule has 2 aliphatic rings. The van der Waals surface area contributed by atoms with Crippen LogP contribution in [0.5, 0.6) is 0 Å². The second-order valence-electron chi connectivity index (χ2n) is 6.64. The second kappa shape index (κ2) is 8.29. The Bertz CT molecular complexity index is 594. The molecule has 0 radical (unpaired) electrons. The zero-order valence-electron chi connectivity index (χ0n) is 13.8. The smallest absolute Gasteiger partial charge is 0.238 e. The molecular weight excluding hydrogens is 417 g/mol. The number of carbonyl (C=O) groups excluding carboxylic acids is 2. The first-order valence-electron chi connectivity index (χ1n) is 8.68. The fourth-order valence-electron chi connectivity index (χ4n) is 3.50. The first-order valence-corrected chi connectivity index (χ1v) is 9.76. The third kappa shape index (κ3) is 4.69. The highest BCUT2D eigenvalue weighted by molar-refractivity contribution is 14.1. The zero-order valence-corrected chi connectivity index (χ0v) is 16.0. The number of benzene rings is 1. The van der Waals surface area contributed by atoms with Gasteiger partial charge in [0.25, 0.3) is 0 Å². The summed E-state index contributed by atoms with van der Waals surface area (Å²) in [6.45, 7) is 3.90. The lowest BCUT2D eigenvalue weighted by Gasteiger charge is -2.32. The van der Waals surface area contributed by atoms with Crippen molar-refractivity contribution in [1.29, 1.82) is 0 Å². The van der Waals surface area contributed by atoms with Crippen molar-refractivity contribution in [3.8, 4) is 0 Å². The zero-order chi connectivity index (χ0) is 16.9. The van der Waals surface area contributed by atoms with Crippen molar-refractivity contribution in [2.45, 2.75) is 25.7 Å². The van der Waals surface area contributed by atoms with Crippen LogP contribution in [0.1, 0.15) is 25.7 Å². The number of carbonyl (C=O) groups is 2. The highest BCUT2D eigenvalue weighted by atomic mass is 127. The molecule has 0 atom stereocenters. The van der Waals surface area contributed by atoms with Crippen molar-refractivity contribution in [1.82, 2.24) is 9.80 Å². The molecule has 0 unspecified atom stereocenters. The van der Waals surface area contributed by atoms with Crippen LogP contribution in [0.25, 0.3) is 0 Å². The predicted molar refractivity (Wildman–Crippen MR) is 103 cm³/mol. The van der Waals surface area contributed by atoms with E-state index in [1.807, 2.05) is 29.2 Å². The van der Waals surface area contributed by atoms with Crippen LogP contribution in [-0.4, -0.2) is 54.3 Å². The van der Waals surface area contributed by atoms with E-state index in [1.54, 1.807) is 0 Å². The number of halogens is 1. The van der Waals surface area contributed by atoms with Gasteiger partial charge in [0, 0.05) is 28.3 Å². The highest BCUT2D eigenvalue weighted by Gasteiger charge is 2.30. The molecular formula is C18H24IN3O2. The summed E-state index contributed by atoms with van der Waals surface area (Å²) in [5.41, 5.74) is 0.839. The van der Waals surface area contributed by atoms with Crippen molar-refractivity contribution in [2.75, 3.05) is 38.0 Å². The lowest BCUT2D eigenvalue weighted by Crippen LogP contribution is -2.43. The molecule has 1 aromatic rings. The molecule has 1 N–H and O–H groups in total. The predicted octanol–water partition coefficient (Wildman–Crippen LogP) is 2.56. The van der Waals surface area contributed by atoms with E-state index in [-0.39, 0.29) is 11.8 Å². The molecule has 1 aromatic carbocycles. The number of likely N-dealkylation sites (tertiary alicyclic amines) is 2. The van der Waals surface area contributed by atoms with Crippen LogP contribution >= 0.6 is 22.6 Å². The number of anilines is 1. The fourth-order valence-corrected chi connectivity index (χ4v) is 4.05. The minimum Gasteiger partial charge on any atom is -0.342 e. The molecule has 0 bridgehead atoms. The summed E-state index contributed by atoms with van der Waals surface area (Å²) >= 11 is 2.23. The van der Waals surface area contributed by atoms with E-state index >= 15 is 0 Å². The van der Waals surface area contributed by atoms with Gasteiger partial charge >= 0.3 is 0 Å². The first kappa shape index (κ1) is 17.7. The van der Waals surface area contributed by atoms with Gasteiger partial charge in [-0.1, -0.05) is 6.07 Å². The molecule has 2 fully saturated rings. The molecule has 2 amide bonds. The van der Waals surface area contributed by atoms with E-state index in [0.29, 0.717) is 12.5 Å². The van der Waals surface area contributed by atoms with Gasteiger partial charge in [-0.05, 0) is 79.6 Å². The normalized spacial score (nSPS) is 19.5. The Morgan fingerprint density at radius 2 is 1.83 bits per heavy atom. The Morgan fingerprint density at radius 1 is 1.12 bits per heavy atom. The summed E-state index contributed by atoms with van der Waals surface area (Å²) in [5.74, 6) is 0.495. The van der Waals surface area contributed by atoms with Crippen LogP contribution in [0.2, 0.25) is 0 Å². The number of rotatable bonds is 4. The topological polar surface area (TPSA) is 52.7 Å². The highest BCUT2D eigenvalue weighted by Crippen LogP contribution is 2.22. The average Bonchev–Trinajstić information content (AvgIpc) is 3.09. The van der Waals surface area contributed by atoms with Gasteiger partial charge in [-0.25, -0.2) is 0 Å². The van der Waals surface area contributed by atoms with Crippen LogP contribution in [0.4, 0.5) is 5.69 Å². The van der Waals surface area contributed by atoms with Crippen LogP contribution in [0, 0.1) is 9.49 Å². The van der Waals surface area contributed by atoms with Crippen LogP contribution < -0.4 is 5.32 Å². The van der Waals surface area contributed by atoms with Crippen LogP contribution in [0.15, 0.2) is 24.3 Å². The van der Waals surface area contributed by atoms with E-state index in [0.717, 1.165) is 61.1 Å². The Hall–Kier alpha value is -1.15. The lowest BCUT2D eigenvalue weighted by atomic mass is 9.95. The number of hydrogen-bond donors (Lipinski definition) is 1. The maximum Gasteiger partial charge on any atom is 0.238 e. The van der Waals surface area contributed by atoms with E-state index < -0.39 is 0 Å². The Morgan fingerprint density at radius 3 is 2.50 bits per heavy atom. The monoisotopic (exact) mass is 441 g/mol. The molecule has 24 heavy (non-hydrogen) atoms. The van der Waals surface area contributed by atoms with Crippen molar-refractivity contribution in [3.05, 3.63) is 27.8 Å². The molecule has 2 heterocycles. The van der Waals surface area contributed by atoms with Crippen LogP contribution in [-0.2, 0) is 9.59 Å². The molecule has 0 spiro atoms. The maximum atomic E-state index is 12.4. The molecule has 2 saturated heterocycles. The van der Waals surface area contributed by atoms with E-state index in [4.69, 9.17) is 0 Å². The lowest BCUT2D eigenvalue weighted by molar-refractivity contribution is -0.136. The number of nitrogens with zero attached hydrogens (tertiary/aromatic N) is 2. The van der Waals surface area contributed by atoms with Crippen molar-refractivity contribution in [3.63, 3.8) is 0 Å². The first-order chi connectivity index (χ1) is 11.6. The summed E-state index contributed by atoms with van der Waals surface area (Å²) in [6.07, 6.45) is 4.02. The molecule has 0 aromatic heterocycles. The molecule has 3 rings (SSSR count). The quantitative estimate of drug-likeness (QED) is 0.731. The second-order valence-corrected chi connectivity index (χ2v) is 7.89. The Labute approximate surface area is 156 Å². The molecule has 5 nitrogen and oxygen atoms in total. The number of nitrogens with one attached hydrogen (secondary N) is 1. The number of amides is 2. The minimum absolute atomic E-state index is 0.0151. The van der Waals surface area contributed by atoms with Crippen LogP contribution in [0.3, 0.4) is 0 Å². The Balaban J connectivity index is 1.43. The molecule has 6 heteroatoms. The fraction of sp³-hybridized carbons (Fsp3) is 0.556. The SMILES string of the molecule is O=C(CN1CCC(C(=O)N2CCCC2)CC1)Nc1cccc(I)c1. The maximum absolute atomic E-state index is 12.4. The van der Waals surface area contributed by atoms with Gasteiger partial charge in [0.05, 0.1) is 6.54 Å². The summed E-state index contributed by atoms with van der Waals surface area (Å²) in [6, 6.07) is 7.80. The van der Waals surface area contributed by atoms with Crippen molar-refractivity contribution >= 4 is 40.1 Å². The van der Waals surface area contributed by atoms with Crippen molar-refractivity contribution < 1.29 is 9.59 Å². The molecule has 0 aliphatic carbocycles. The summed E-state index contributed by atoms with van der Waals surface area (Å²) in [4.78, 5) is 28.8. The van der Waals surface area contributed by atoms with Gasteiger partial charge in [0.15, 0.2) is 0 Å². The van der Waals surface area contributed by atoms with Gasteiger partial charge in [0.2, 0.25) is 11.8 Å². The van der Waals surface area contributed by atoms with E-state index in [2.05, 4.69) is 32.8 Å². The third-order valence-electron chi connectivity index (χ3n) is 4.83. The van der Waals surface area contributed by atoms with Crippen molar-refractivity contribution in [2.24, 2.45) is 5.92 Å². The Kier molecular flexibility index (Phi) is 6.10. The largest absolute Gasteiger partial charge is 0.342 e. The van der Waals surface area contributed by atoms with Gasteiger partial charge in [-0.3, -0.25) is 14.5 Å². The number of piperidine rings is 1. The minimum atomic E-state index is 0.0151. The van der Waals surface area contributed by atoms with Gasteiger partial charge < -0.3 is 10.2 Å². The van der Waals surface area contributed by atoms with E-state index in [9.17, 15) is 9.59 Å². The van der Waals surface area contributed by atoms with Gasteiger partial charge in [-0.15, -0.1) is 0 Å². The molecule has 0 saturated carbocycles. The third-order valence-corrected chi connectivity index (χ3v) is 5.50. The molecule has 2 aliphatic heterocycles. The number of hydrogen-bond acceptors (Lipinski definition) is 3.